The van der Waals surface area contributed by atoms with Crippen LogP contribution in [0.1, 0.15) is 31.7 Å². The highest BCUT2D eigenvalue weighted by molar-refractivity contribution is 6.31. The molecule has 1 N–H and O–H groups in total. The van der Waals surface area contributed by atoms with Crippen molar-refractivity contribution in [1.82, 2.24) is 20.0 Å². The maximum Gasteiger partial charge on any atom is 0.242 e. The van der Waals surface area contributed by atoms with E-state index in [0.29, 0.717) is 31.1 Å². The number of carbonyl (C=O) groups is 2. The zero-order chi connectivity index (χ0) is 14.7. The van der Waals surface area contributed by atoms with Gasteiger partial charge in [-0.05, 0) is 13.3 Å². The smallest absolute Gasteiger partial charge is 0.242 e. The van der Waals surface area contributed by atoms with E-state index in [-0.39, 0.29) is 18.4 Å². The summed E-state index contributed by atoms with van der Waals surface area (Å²) < 4.78 is 1.83. The van der Waals surface area contributed by atoms with E-state index < -0.39 is 0 Å². The Bertz CT molecular complexity index is 527. The van der Waals surface area contributed by atoms with Gasteiger partial charge < -0.3 is 10.2 Å². The van der Waals surface area contributed by atoms with Gasteiger partial charge in [0.1, 0.15) is 0 Å². The van der Waals surface area contributed by atoms with Crippen molar-refractivity contribution in [3.8, 4) is 0 Å². The van der Waals surface area contributed by atoms with Gasteiger partial charge in [0.2, 0.25) is 11.8 Å². The third kappa shape index (κ3) is 2.95. The normalized spacial score (nSPS) is 16.2. The van der Waals surface area contributed by atoms with Gasteiger partial charge in [0, 0.05) is 19.5 Å². The Hall–Kier alpha value is -1.56. The fourth-order valence-electron chi connectivity index (χ4n) is 2.25. The summed E-state index contributed by atoms with van der Waals surface area (Å²) in [6.07, 6.45) is 1.08. The minimum Gasteiger partial charge on any atom is -0.347 e. The number of nitrogens with zero attached hydrogens (tertiary/aromatic N) is 3. The number of aryl methyl sites for hydroxylation is 2. The highest BCUT2D eigenvalue weighted by Gasteiger charge is 2.23. The van der Waals surface area contributed by atoms with Crippen molar-refractivity contribution >= 4 is 23.4 Å². The van der Waals surface area contributed by atoms with Crippen molar-refractivity contribution in [3.05, 3.63) is 16.4 Å². The molecule has 110 valence electrons. The summed E-state index contributed by atoms with van der Waals surface area (Å²) in [5.41, 5.74) is 1.69. The van der Waals surface area contributed by atoms with E-state index in [1.807, 2.05) is 18.5 Å². The highest BCUT2D eigenvalue weighted by atomic mass is 35.5. The van der Waals surface area contributed by atoms with E-state index in [9.17, 15) is 9.59 Å². The van der Waals surface area contributed by atoms with Crippen molar-refractivity contribution < 1.29 is 9.59 Å². The molecule has 1 fully saturated rings. The van der Waals surface area contributed by atoms with Crippen LogP contribution in [0.25, 0.3) is 0 Å². The second-order valence-electron chi connectivity index (χ2n) is 4.72. The van der Waals surface area contributed by atoms with Crippen molar-refractivity contribution in [2.24, 2.45) is 0 Å². The fourth-order valence-corrected chi connectivity index (χ4v) is 2.58. The van der Waals surface area contributed by atoms with Crippen LogP contribution < -0.4 is 5.32 Å². The molecule has 0 spiro atoms. The van der Waals surface area contributed by atoms with Crippen molar-refractivity contribution in [3.63, 3.8) is 0 Å². The lowest BCUT2D eigenvalue weighted by atomic mass is 10.2. The summed E-state index contributed by atoms with van der Waals surface area (Å²) in [7, 11) is 0. The predicted molar refractivity (Wildman–Crippen MR) is 75.3 cm³/mol. The number of rotatable bonds is 4. The first kappa shape index (κ1) is 14.8. The molecule has 0 unspecified atom stereocenters. The molecule has 0 aliphatic carbocycles. The lowest BCUT2D eigenvalue weighted by Crippen LogP contribution is -2.35. The molecule has 0 bridgehead atoms. The van der Waals surface area contributed by atoms with Crippen LogP contribution in [0.2, 0.25) is 5.02 Å². The van der Waals surface area contributed by atoms with Crippen molar-refractivity contribution in [2.45, 2.75) is 39.8 Å². The zero-order valence-electron chi connectivity index (χ0n) is 11.8. The molecule has 2 rings (SSSR count). The molecule has 0 atom stereocenters. The Kier molecular flexibility index (Phi) is 4.65. The Labute approximate surface area is 123 Å². The molecule has 1 aromatic rings. The summed E-state index contributed by atoms with van der Waals surface area (Å²) >= 11 is 6.34. The number of nitrogens with one attached hydrogen (secondary N) is 1. The first-order valence-corrected chi connectivity index (χ1v) is 7.23. The van der Waals surface area contributed by atoms with Crippen molar-refractivity contribution in [2.75, 3.05) is 13.1 Å². The van der Waals surface area contributed by atoms with Gasteiger partial charge in [-0.2, -0.15) is 5.10 Å². The van der Waals surface area contributed by atoms with Crippen LogP contribution in [0.5, 0.6) is 0 Å². The van der Waals surface area contributed by atoms with Crippen LogP contribution in [-0.2, 0) is 29.1 Å². The number of hydrogen-bond donors (Lipinski definition) is 1. The largest absolute Gasteiger partial charge is 0.347 e. The molecule has 2 heterocycles. The van der Waals surface area contributed by atoms with Crippen LogP contribution in [0, 0.1) is 0 Å². The van der Waals surface area contributed by atoms with Gasteiger partial charge >= 0.3 is 0 Å². The van der Waals surface area contributed by atoms with E-state index in [4.69, 9.17) is 11.6 Å². The Morgan fingerprint density at radius 1 is 1.35 bits per heavy atom. The Morgan fingerprint density at radius 3 is 2.75 bits per heavy atom. The van der Waals surface area contributed by atoms with Gasteiger partial charge in [0.05, 0.1) is 29.5 Å². The van der Waals surface area contributed by atoms with Crippen LogP contribution >= 0.6 is 11.6 Å². The molecule has 20 heavy (non-hydrogen) atoms. The van der Waals surface area contributed by atoms with Crippen LogP contribution in [0.3, 0.4) is 0 Å². The molecule has 1 aliphatic rings. The third-order valence-electron chi connectivity index (χ3n) is 3.43. The molecule has 0 saturated carbocycles. The predicted octanol–water partition coefficient (Wildman–Crippen LogP) is 0.967. The van der Waals surface area contributed by atoms with Crippen LogP contribution in [-0.4, -0.2) is 39.6 Å². The maximum absolute atomic E-state index is 12.0. The molecular formula is C13H19ClN4O2. The van der Waals surface area contributed by atoms with E-state index in [1.165, 1.54) is 0 Å². The number of hydrogen-bond acceptors (Lipinski definition) is 3. The second kappa shape index (κ2) is 6.26. The number of halogens is 1. The minimum absolute atomic E-state index is 0.0529. The molecule has 1 aromatic heterocycles. The van der Waals surface area contributed by atoms with Crippen LogP contribution in [0.15, 0.2) is 0 Å². The topological polar surface area (TPSA) is 67.2 Å². The minimum atomic E-state index is -0.0924. The molecule has 1 saturated heterocycles. The van der Waals surface area contributed by atoms with Gasteiger partial charge in [-0.25, -0.2) is 0 Å². The number of aromatic nitrogens is 2. The second-order valence-corrected chi connectivity index (χ2v) is 5.10. The lowest BCUT2D eigenvalue weighted by Gasteiger charge is -2.20. The van der Waals surface area contributed by atoms with E-state index >= 15 is 0 Å². The summed E-state index contributed by atoms with van der Waals surface area (Å²) in [4.78, 5) is 25.0. The Morgan fingerprint density at radius 2 is 2.10 bits per heavy atom. The molecule has 6 nitrogen and oxygen atoms in total. The molecule has 7 heteroatoms. The van der Waals surface area contributed by atoms with Gasteiger partial charge in [0.25, 0.3) is 0 Å². The van der Waals surface area contributed by atoms with Crippen LogP contribution in [0.4, 0.5) is 0 Å². The molecule has 1 aliphatic heterocycles. The summed E-state index contributed by atoms with van der Waals surface area (Å²) in [5, 5.41) is 7.65. The fraction of sp³-hybridized carbons (Fsp3) is 0.615. The van der Waals surface area contributed by atoms with Crippen molar-refractivity contribution in [1.29, 1.82) is 0 Å². The monoisotopic (exact) mass is 298 g/mol. The van der Waals surface area contributed by atoms with Gasteiger partial charge in [0.15, 0.2) is 0 Å². The van der Waals surface area contributed by atoms with E-state index in [1.54, 1.807) is 4.90 Å². The number of amides is 2. The summed E-state index contributed by atoms with van der Waals surface area (Å²) in [6, 6.07) is 0. The van der Waals surface area contributed by atoms with E-state index in [0.717, 1.165) is 17.8 Å². The maximum atomic E-state index is 12.0. The summed E-state index contributed by atoms with van der Waals surface area (Å²) in [6.45, 7) is 5.55. The van der Waals surface area contributed by atoms with Gasteiger partial charge in [-0.15, -0.1) is 0 Å². The quantitative estimate of drug-likeness (QED) is 0.900. The molecule has 2 amide bonds. The number of carbonyl (C=O) groups excluding carboxylic acids is 2. The highest BCUT2D eigenvalue weighted by Crippen LogP contribution is 2.23. The SMILES string of the molecule is CCc1nn(CC)c(CN2CCC(=O)NCC2=O)c1Cl. The zero-order valence-corrected chi connectivity index (χ0v) is 12.5. The first-order valence-electron chi connectivity index (χ1n) is 6.85. The standard InChI is InChI=1S/C13H19ClN4O2/c1-3-9-13(14)10(18(4-2)16-9)8-17-6-5-11(19)15-7-12(17)20/h3-8H2,1-2H3,(H,15,19). The van der Waals surface area contributed by atoms with Gasteiger partial charge in [-0.3, -0.25) is 14.3 Å². The Balaban J connectivity index is 2.22. The molecule has 0 radical (unpaired) electrons. The van der Waals surface area contributed by atoms with Gasteiger partial charge in [-0.1, -0.05) is 18.5 Å². The molecular weight excluding hydrogens is 280 g/mol. The lowest BCUT2D eigenvalue weighted by molar-refractivity contribution is -0.130. The summed E-state index contributed by atoms with van der Waals surface area (Å²) in [5.74, 6) is -0.181. The first-order chi connectivity index (χ1) is 9.56. The molecule has 0 aromatic carbocycles. The average Bonchev–Trinajstić information content (AvgIpc) is 2.66. The average molecular weight is 299 g/mol. The van der Waals surface area contributed by atoms with E-state index in [2.05, 4.69) is 10.4 Å². The third-order valence-corrected chi connectivity index (χ3v) is 3.87.